The third-order valence-electron chi connectivity index (χ3n) is 4.77. The SMILES string of the molecule is O=C(CSc1nnc(N2CCCCC2)n1-c1ccccc1)NC(=O)NC1CC1. The Balaban J connectivity index is 1.47. The van der Waals surface area contributed by atoms with E-state index in [0.717, 1.165) is 50.4 Å². The standard InChI is InChI=1S/C19H24N6O2S/c26-16(21-17(27)20-14-9-10-14)13-28-19-23-22-18(24-11-5-2-6-12-24)25(19)15-7-3-1-4-8-15/h1,3-4,7-8,14H,2,5-6,9-13H2,(H2,20,21,26,27). The number of nitrogens with zero attached hydrogens (tertiary/aromatic N) is 4. The summed E-state index contributed by atoms with van der Waals surface area (Å²) >= 11 is 1.28. The largest absolute Gasteiger partial charge is 0.341 e. The lowest BCUT2D eigenvalue weighted by Gasteiger charge is -2.27. The van der Waals surface area contributed by atoms with Crippen LogP contribution in [0.2, 0.25) is 0 Å². The minimum absolute atomic E-state index is 0.100. The fourth-order valence-electron chi connectivity index (χ4n) is 3.20. The Bertz CT molecular complexity index is 830. The quantitative estimate of drug-likeness (QED) is 0.723. The van der Waals surface area contributed by atoms with Gasteiger partial charge in [-0.3, -0.25) is 14.7 Å². The van der Waals surface area contributed by atoms with Gasteiger partial charge in [-0.15, -0.1) is 10.2 Å². The number of hydrogen-bond acceptors (Lipinski definition) is 6. The summed E-state index contributed by atoms with van der Waals surface area (Å²) < 4.78 is 1.99. The van der Waals surface area contributed by atoms with Gasteiger partial charge in [-0.1, -0.05) is 30.0 Å². The summed E-state index contributed by atoms with van der Waals surface area (Å²) in [6.45, 7) is 1.91. The van der Waals surface area contributed by atoms with Gasteiger partial charge in [0.05, 0.1) is 11.4 Å². The molecule has 0 unspecified atom stereocenters. The summed E-state index contributed by atoms with van der Waals surface area (Å²) in [6, 6.07) is 9.71. The van der Waals surface area contributed by atoms with Crippen LogP contribution in [-0.2, 0) is 4.79 Å². The highest BCUT2D eigenvalue weighted by atomic mass is 32.2. The molecule has 1 aliphatic heterocycles. The van der Waals surface area contributed by atoms with Gasteiger partial charge in [-0.2, -0.15) is 0 Å². The van der Waals surface area contributed by atoms with Crippen molar-refractivity contribution in [3.8, 4) is 5.69 Å². The number of imide groups is 1. The molecule has 8 nitrogen and oxygen atoms in total. The van der Waals surface area contributed by atoms with Crippen LogP contribution in [0.3, 0.4) is 0 Å². The zero-order valence-corrected chi connectivity index (χ0v) is 16.5. The van der Waals surface area contributed by atoms with E-state index in [9.17, 15) is 9.59 Å². The maximum absolute atomic E-state index is 12.1. The number of urea groups is 1. The van der Waals surface area contributed by atoms with Crippen LogP contribution in [0, 0.1) is 0 Å². The average Bonchev–Trinajstić information content (AvgIpc) is 3.42. The molecule has 2 aliphatic rings. The average molecular weight is 401 g/mol. The zero-order valence-electron chi connectivity index (χ0n) is 15.6. The number of para-hydroxylation sites is 1. The number of thioether (sulfide) groups is 1. The first kappa shape index (κ1) is 18.8. The molecule has 0 atom stereocenters. The molecule has 0 radical (unpaired) electrons. The van der Waals surface area contributed by atoms with Crippen LogP contribution in [-0.4, -0.2) is 51.6 Å². The summed E-state index contributed by atoms with van der Waals surface area (Å²) in [7, 11) is 0. The van der Waals surface area contributed by atoms with E-state index >= 15 is 0 Å². The molecule has 2 N–H and O–H groups in total. The van der Waals surface area contributed by atoms with Crippen molar-refractivity contribution in [3.63, 3.8) is 0 Å². The van der Waals surface area contributed by atoms with Crippen LogP contribution in [0.15, 0.2) is 35.5 Å². The van der Waals surface area contributed by atoms with Gasteiger partial charge in [0, 0.05) is 19.1 Å². The summed E-state index contributed by atoms with van der Waals surface area (Å²) in [5.41, 5.74) is 0.961. The third-order valence-corrected chi connectivity index (χ3v) is 5.70. The number of rotatable bonds is 6. The molecule has 2 heterocycles. The molecule has 3 amide bonds. The van der Waals surface area contributed by atoms with Crippen molar-refractivity contribution in [3.05, 3.63) is 30.3 Å². The Morgan fingerprint density at radius 3 is 2.54 bits per heavy atom. The summed E-state index contributed by atoms with van der Waals surface area (Å²) in [5, 5.41) is 14.5. The molecule has 28 heavy (non-hydrogen) atoms. The molecule has 148 valence electrons. The highest BCUT2D eigenvalue weighted by Gasteiger charge is 2.25. The first-order chi connectivity index (χ1) is 13.7. The summed E-state index contributed by atoms with van der Waals surface area (Å²) in [6.07, 6.45) is 5.48. The number of anilines is 1. The molecule has 2 aromatic rings. The van der Waals surface area contributed by atoms with E-state index in [-0.39, 0.29) is 17.7 Å². The van der Waals surface area contributed by atoms with E-state index in [1.54, 1.807) is 0 Å². The number of amides is 3. The van der Waals surface area contributed by atoms with E-state index in [2.05, 4.69) is 25.7 Å². The second-order valence-electron chi connectivity index (χ2n) is 7.09. The molecular formula is C19H24N6O2S. The number of benzene rings is 1. The predicted octanol–water partition coefficient (Wildman–Crippen LogP) is 2.34. The summed E-state index contributed by atoms with van der Waals surface area (Å²) in [5.74, 6) is 0.564. The van der Waals surface area contributed by atoms with Gasteiger partial charge in [-0.05, 0) is 44.2 Å². The van der Waals surface area contributed by atoms with Crippen molar-refractivity contribution in [1.82, 2.24) is 25.4 Å². The maximum atomic E-state index is 12.1. The molecule has 1 aliphatic carbocycles. The number of nitrogens with one attached hydrogen (secondary N) is 2. The van der Waals surface area contributed by atoms with Crippen molar-refractivity contribution in [2.45, 2.75) is 43.3 Å². The van der Waals surface area contributed by atoms with Crippen molar-refractivity contribution in [2.24, 2.45) is 0 Å². The second kappa shape index (κ2) is 8.64. The van der Waals surface area contributed by atoms with E-state index in [4.69, 9.17) is 0 Å². The Morgan fingerprint density at radius 2 is 1.82 bits per heavy atom. The van der Waals surface area contributed by atoms with Gasteiger partial charge in [-0.25, -0.2) is 4.79 Å². The van der Waals surface area contributed by atoms with Gasteiger partial charge in [0.25, 0.3) is 0 Å². The molecule has 1 saturated carbocycles. The lowest BCUT2D eigenvalue weighted by atomic mass is 10.1. The highest BCUT2D eigenvalue weighted by Crippen LogP contribution is 2.28. The molecule has 2 fully saturated rings. The van der Waals surface area contributed by atoms with E-state index in [1.807, 2.05) is 34.9 Å². The molecule has 9 heteroatoms. The fraction of sp³-hybridized carbons (Fsp3) is 0.474. The van der Waals surface area contributed by atoms with Gasteiger partial charge in [0.2, 0.25) is 11.9 Å². The van der Waals surface area contributed by atoms with E-state index < -0.39 is 6.03 Å². The maximum Gasteiger partial charge on any atom is 0.321 e. The lowest BCUT2D eigenvalue weighted by molar-refractivity contribution is -0.117. The number of piperidine rings is 1. The molecular weight excluding hydrogens is 376 g/mol. The van der Waals surface area contributed by atoms with Crippen LogP contribution in [0.1, 0.15) is 32.1 Å². The van der Waals surface area contributed by atoms with E-state index in [0.29, 0.717) is 5.16 Å². The summed E-state index contributed by atoms with van der Waals surface area (Å²) in [4.78, 5) is 26.1. The minimum Gasteiger partial charge on any atom is -0.341 e. The van der Waals surface area contributed by atoms with Gasteiger partial charge in [0.15, 0.2) is 5.16 Å². The smallest absolute Gasteiger partial charge is 0.321 e. The topological polar surface area (TPSA) is 92.2 Å². The fourth-order valence-corrected chi connectivity index (χ4v) is 3.95. The van der Waals surface area contributed by atoms with Gasteiger partial charge < -0.3 is 10.2 Å². The molecule has 1 aromatic heterocycles. The first-order valence-corrected chi connectivity index (χ1v) is 10.7. The van der Waals surface area contributed by atoms with Crippen molar-refractivity contribution in [2.75, 3.05) is 23.7 Å². The third kappa shape index (κ3) is 4.64. The van der Waals surface area contributed by atoms with Crippen LogP contribution >= 0.6 is 11.8 Å². The number of hydrogen-bond donors (Lipinski definition) is 2. The van der Waals surface area contributed by atoms with Crippen LogP contribution in [0.4, 0.5) is 10.7 Å². The van der Waals surface area contributed by atoms with Gasteiger partial charge >= 0.3 is 6.03 Å². The molecule has 1 saturated heterocycles. The van der Waals surface area contributed by atoms with E-state index in [1.165, 1.54) is 18.2 Å². The molecule has 4 rings (SSSR count). The lowest BCUT2D eigenvalue weighted by Crippen LogP contribution is -2.41. The number of carbonyl (C=O) groups excluding carboxylic acids is 2. The molecule has 0 bridgehead atoms. The van der Waals surface area contributed by atoms with Gasteiger partial charge in [0.1, 0.15) is 0 Å². The predicted molar refractivity (Wildman–Crippen MR) is 108 cm³/mol. The molecule has 0 spiro atoms. The van der Waals surface area contributed by atoms with Crippen molar-refractivity contribution in [1.29, 1.82) is 0 Å². The van der Waals surface area contributed by atoms with Crippen LogP contribution in [0.25, 0.3) is 5.69 Å². The van der Waals surface area contributed by atoms with Crippen molar-refractivity contribution >= 4 is 29.6 Å². The highest BCUT2D eigenvalue weighted by molar-refractivity contribution is 7.99. The normalized spacial score (nSPS) is 16.6. The second-order valence-corrected chi connectivity index (χ2v) is 8.03. The first-order valence-electron chi connectivity index (χ1n) is 9.69. The van der Waals surface area contributed by atoms with Crippen molar-refractivity contribution < 1.29 is 9.59 Å². The number of carbonyl (C=O) groups is 2. The Labute approximate surface area is 168 Å². The minimum atomic E-state index is -0.424. The zero-order chi connectivity index (χ0) is 19.3. The van der Waals surface area contributed by atoms with Crippen LogP contribution in [0.5, 0.6) is 0 Å². The molecule has 1 aromatic carbocycles. The monoisotopic (exact) mass is 400 g/mol. The van der Waals surface area contributed by atoms with Crippen LogP contribution < -0.4 is 15.5 Å². The Kier molecular flexibility index (Phi) is 5.80. The number of aromatic nitrogens is 3. The Morgan fingerprint density at radius 1 is 1.07 bits per heavy atom. The Hall–Kier alpha value is -2.55.